The fraction of sp³-hybridized carbons (Fsp3) is 0.929. The summed E-state index contributed by atoms with van der Waals surface area (Å²) in [7, 11) is 0. The van der Waals surface area contributed by atoms with Gasteiger partial charge in [0, 0.05) is 45.8 Å². The number of carbonyl (C=O) groups excluding carboxylic acids is 1. The summed E-state index contributed by atoms with van der Waals surface area (Å²) in [4.78, 5) is 18.6. The summed E-state index contributed by atoms with van der Waals surface area (Å²) >= 11 is 0. The number of ether oxygens (including phenoxy) is 2. The van der Waals surface area contributed by atoms with Crippen LogP contribution in [0.15, 0.2) is 0 Å². The molecule has 6 heteroatoms. The summed E-state index contributed by atoms with van der Waals surface area (Å²) < 4.78 is 10.9. The number of amides is 2. The van der Waals surface area contributed by atoms with E-state index in [1.807, 2.05) is 9.80 Å². The minimum atomic E-state index is 0.173. The van der Waals surface area contributed by atoms with Crippen molar-refractivity contribution in [2.45, 2.75) is 20.0 Å². The molecule has 6 nitrogen and oxygen atoms in total. The van der Waals surface area contributed by atoms with Crippen LogP contribution in [0.4, 0.5) is 4.79 Å². The van der Waals surface area contributed by atoms with E-state index in [0.29, 0.717) is 19.3 Å². The minimum absolute atomic E-state index is 0.173. The highest BCUT2D eigenvalue weighted by molar-refractivity contribution is 5.74. The molecule has 0 aromatic carbocycles. The van der Waals surface area contributed by atoms with Crippen molar-refractivity contribution in [3.05, 3.63) is 0 Å². The Morgan fingerprint density at radius 3 is 2.25 bits per heavy atom. The van der Waals surface area contributed by atoms with E-state index in [9.17, 15) is 4.79 Å². The molecule has 0 unspecified atom stereocenters. The van der Waals surface area contributed by atoms with Gasteiger partial charge < -0.3 is 19.3 Å². The first-order valence-electron chi connectivity index (χ1n) is 7.62. The second-order valence-electron chi connectivity index (χ2n) is 5.63. The van der Waals surface area contributed by atoms with Gasteiger partial charge >= 0.3 is 6.03 Å². The number of hydrogen-bond donors (Lipinski definition) is 0. The molecule has 2 rings (SSSR count). The fourth-order valence-corrected chi connectivity index (χ4v) is 2.53. The number of rotatable bonds is 4. The molecule has 0 atom stereocenters. The molecule has 0 aromatic heterocycles. The van der Waals surface area contributed by atoms with E-state index in [2.05, 4.69) is 18.7 Å². The quantitative estimate of drug-likeness (QED) is 0.754. The predicted octanol–water partition coefficient (Wildman–Crippen LogP) is 0.481. The first-order valence-corrected chi connectivity index (χ1v) is 7.62. The van der Waals surface area contributed by atoms with E-state index >= 15 is 0 Å². The van der Waals surface area contributed by atoms with Gasteiger partial charge in [0.15, 0.2) is 0 Å². The lowest BCUT2D eigenvalue weighted by Gasteiger charge is -2.38. The smallest absolute Gasteiger partial charge is 0.320 e. The number of hydrogen-bond acceptors (Lipinski definition) is 4. The second-order valence-corrected chi connectivity index (χ2v) is 5.63. The van der Waals surface area contributed by atoms with Gasteiger partial charge in [0.25, 0.3) is 0 Å². The average Bonchev–Trinajstić information content (AvgIpc) is 2.48. The molecule has 2 aliphatic rings. The van der Waals surface area contributed by atoms with Crippen LogP contribution in [-0.2, 0) is 9.47 Å². The molecular formula is C14H27N3O3. The lowest BCUT2D eigenvalue weighted by molar-refractivity contribution is 0.0301. The normalized spacial score (nSPS) is 21.6. The number of piperazine rings is 1. The van der Waals surface area contributed by atoms with E-state index < -0.39 is 0 Å². The van der Waals surface area contributed by atoms with Crippen LogP contribution in [0.25, 0.3) is 0 Å². The minimum Gasteiger partial charge on any atom is -0.378 e. The number of morpholine rings is 1. The van der Waals surface area contributed by atoms with Crippen molar-refractivity contribution in [1.29, 1.82) is 0 Å². The molecule has 0 spiro atoms. The van der Waals surface area contributed by atoms with Gasteiger partial charge in [-0.25, -0.2) is 4.79 Å². The van der Waals surface area contributed by atoms with Gasteiger partial charge in [0.2, 0.25) is 0 Å². The van der Waals surface area contributed by atoms with Crippen molar-refractivity contribution in [3.63, 3.8) is 0 Å². The molecule has 116 valence electrons. The van der Waals surface area contributed by atoms with Crippen LogP contribution in [0.2, 0.25) is 0 Å². The molecule has 0 aliphatic carbocycles. The Balaban J connectivity index is 1.66. The Morgan fingerprint density at radius 2 is 1.65 bits per heavy atom. The van der Waals surface area contributed by atoms with Gasteiger partial charge in [-0.2, -0.15) is 0 Å². The zero-order chi connectivity index (χ0) is 14.4. The van der Waals surface area contributed by atoms with Crippen molar-refractivity contribution in [1.82, 2.24) is 14.7 Å². The van der Waals surface area contributed by atoms with Crippen molar-refractivity contribution in [3.8, 4) is 0 Å². The SMILES string of the molecule is CC(C)OCCN1CCN(C(=O)N2CCOCC2)CC1. The maximum atomic E-state index is 12.3. The standard InChI is InChI=1S/C14H27N3O3/c1-13(2)20-12-7-15-3-5-16(6-4-15)14(18)17-8-10-19-11-9-17/h13H,3-12H2,1-2H3. The van der Waals surface area contributed by atoms with Gasteiger partial charge in [0.05, 0.1) is 25.9 Å². The van der Waals surface area contributed by atoms with Crippen molar-refractivity contribution >= 4 is 6.03 Å². The van der Waals surface area contributed by atoms with E-state index in [4.69, 9.17) is 9.47 Å². The van der Waals surface area contributed by atoms with Gasteiger partial charge in [-0.05, 0) is 13.8 Å². The Morgan fingerprint density at radius 1 is 1.05 bits per heavy atom. The van der Waals surface area contributed by atoms with Crippen LogP contribution in [-0.4, -0.2) is 92.5 Å². The number of nitrogens with zero attached hydrogens (tertiary/aromatic N) is 3. The number of carbonyl (C=O) groups is 1. The molecular weight excluding hydrogens is 258 g/mol. The lowest BCUT2D eigenvalue weighted by Crippen LogP contribution is -2.55. The zero-order valence-corrected chi connectivity index (χ0v) is 12.7. The molecule has 2 saturated heterocycles. The van der Waals surface area contributed by atoms with Crippen LogP contribution >= 0.6 is 0 Å². The predicted molar refractivity (Wildman–Crippen MR) is 76.9 cm³/mol. The van der Waals surface area contributed by atoms with Crippen LogP contribution in [0.5, 0.6) is 0 Å². The Hall–Kier alpha value is -0.850. The summed E-state index contributed by atoms with van der Waals surface area (Å²) in [5.74, 6) is 0. The third-order valence-electron chi connectivity index (χ3n) is 3.78. The topological polar surface area (TPSA) is 45.2 Å². The summed E-state index contributed by atoms with van der Waals surface area (Å²) in [6.07, 6.45) is 0.291. The third-order valence-corrected chi connectivity index (χ3v) is 3.78. The summed E-state index contributed by atoms with van der Waals surface area (Å²) in [6.45, 7) is 12.1. The van der Waals surface area contributed by atoms with E-state index in [-0.39, 0.29) is 6.03 Å². The third kappa shape index (κ3) is 4.61. The van der Waals surface area contributed by atoms with Crippen molar-refractivity contribution in [2.24, 2.45) is 0 Å². The highest BCUT2D eigenvalue weighted by atomic mass is 16.5. The number of urea groups is 1. The maximum Gasteiger partial charge on any atom is 0.320 e. The first-order chi connectivity index (χ1) is 9.66. The second kappa shape index (κ2) is 7.81. The monoisotopic (exact) mass is 285 g/mol. The summed E-state index contributed by atoms with van der Waals surface area (Å²) in [6, 6.07) is 0.173. The molecule has 0 N–H and O–H groups in total. The molecule has 0 radical (unpaired) electrons. The molecule has 2 fully saturated rings. The molecule has 20 heavy (non-hydrogen) atoms. The van der Waals surface area contributed by atoms with Gasteiger partial charge in [-0.15, -0.1) is 0 Å². The Bertz CT molecular complexity index is 298. The van der Waals surface area contributed by atoms with Crippen LogP contribution in [0.3, 0.4) is 0 Å². The van der Waals surface area contributed by atoms with Crippen LogP contribution in [0.1, 0.15) is 13.8 Å². The van der Waals surface area contributed by atoms with E-state index in [0.717, 1.165) is 52.4 Å². The summed E-state index contributed by atoms with van der Waals surface area (Å²) in [5, 5.41) is 0. The summed E-state index contributed by atoms with van der Waals surface area (Å²) in [5.41, 5.74) is 0. The van der Waals surface area contributed by atoms with E-state index in [1.54, 1.807) is 0 Å². The molecule has 0 saturated carbocycles. The van der Waals surface area contributed by atoms with Crippen molar-refractivity contribution < 1.29 is 14.3 Å². The molecule has 0 aromatic rings. The zero-order valence-electron chi connectivity index (χ0n) is 12.7. The van der Waals surface area contributed by atoms with Gasteiger partial charge in [-0.1, -0.05) is 0 Å². The molecule has 0 bridgehead atoms. The van der Waals surface area contributed by atoms with Crippen LogP contribution < -0.4 is 0 Å². The maximum absolute atomic E-state index is 12.3. The van der Waals surface area contributed by atoms with Crippen molar-refractivity contribution in [2.75, 3.05) is 65.6 Å². The Labute approximate surface area is 121 Å². The highest BCUT2D eigenvalue weighted by Gasteiger charge is 2.26. The van der Waals surface area contributed by atoms with Crippen LogP contribution in [0, 0.1) is 0 Å². The fourth-order valence-electron chi connectivity index (χ4n) is 2.53. The Kier molecular flexibility index (Phi) is 6.06. The highest BCUT2D eigenvalue weighted by Crippen LogP contribution is 2.07. The molecule has 2 aliphatic heterocycles. The molecule has 2 heterocycles. The molecule has 2 amide bonds. The van der Waals surface area contributed by atoms with Gasteiger partial charge in [0.1, 0.15) is 0 Å². The lowest BCUT2D eigenvalue weighted by atomic mass is 10.3. The largest absolute Gasteiger partial charge is 0.378 e. The average molecular weight is 285 g/mol. The van der Waals surface area contributed by atoms with Gasteiger partial charge in [-0.3, -0.25) is 4.90 Å². The van der Waals surface area contributed by atoms with E-state index in [1.165, 1.54) is 0 Å². The first kappa shape index (κ1) is 15.5.